The van der Waals surface area contributed by atoms with Gasteiger partial charge in [-0.05, 0) is 84.9 Å². The Bertz CT molecular complexity index is 813. The van der Waals surface area contributed by atoms with Crippen LogP contribution in [0.4, 0.5) is 5.69 Å². The van der Waals surface area contributed by atoms with E-state index in [0.29, 0.717) is 0 Å². The highest BCUT2D eigenvalue weighted by Gasteiger charge is 2.20. The molecule has 32 heavy (non-hydrogen) atoms. The lowest BCUT2D eigenvalue weighted by atomic mass is 9.77. The molecule has 1 nitrogen and oxygen atoms in total. The molecule has 1 fully saturated rings. The Morgan fingerprint density at radius 2 is 1.34 bits per heavy atom. The van der Waals surface area contributed by atoms with Crippen LogP contribution >= 0.6 is 0 Å². The standard InChI is InChI=1S/C31H47N/c1-5-7-9-10-26-11-13-27(14-12-26)15-16-28-17-18-29(22-24(28)3)30-19-20-31(25(4)23-30)32-21-8-6-2/h17-20,22-23,26-27,32H,5-16,21H2,1-4H3/t26-,27-. The summed E-state index contributed by atoms with van der Waals surface area (Å²) in [5, 5.41) is 3.58. The van der Waals surface area contributed by atoms with Crippen molar-refractivity contribution < 1.29 is 0 Å². The molecule has 0 atom stereocenters. The van der Waals surface area contributed by atoms with Crippen molar-refractivity contribution in [2.45, 2.75) is 105 Å². The second-order valence-electron chi connectivity index (χ2n) is 10.4. The Morgan fingerprint density at radius 3 is 1.97 bits per heavy atom. The summed E-state index contributed by atoms with van der Waals surface area (Å²) in [5.74, 6) is 1.97. The van der Waals surface area contributed by atoms with Crippen molar-refractivity contribution in [1.29, 1.82) is 0 Å². The highest BCUT2D eigenvalue weighted by molar-refractivity contribution is 5.69. The van der Waals surface area contributed by atoms with Crippen LogP contribution < -0.4 is 5.32 Å². The zero-order valence-corrected chi connectivity index (χ0v) is 21.3. The van der Waals surface area contributed by atoms with Gasteiger partial charge in [0, 0.05) is 12.2 Å². The van der Waals surface area contributed by atoms with E-state index in [9.17, 15) is 0 Å². The Hall–Kier alpha value is -1.76. The molecule has 0 spiro atoms. The first kappa shape index (κ1) is 24.9. The molecule has 0 aliphatic heterocycles. The van der Waals surface area contributed by atoms with Gasteiger partial charge in [-0.25, -0.2) is 0 Å². The number of unbranched alkanes of at least 4 members (excludes halogenated alkanes) is 3. The minimum Gasteiger partial charge on any atom is -0.385 e. The van der Waals surface area contributed by atoms with E-state index in [0.717, 1.165) is 18.4 Å². The van der Waals surface area contributed by atoms with Crippen LogP contribution in [0, 0.1) is 25.7 Å². The predicted octanol–water partition coefficient (Wildman–Crippen LogP) is 9.50. The Morgan fingerprint density at radius 1 is 0.719 bits per heavy atom. The lowest BCUT2D eigenvalue weighted by molar-refractivity contribution is 0.249. The molecule has 2 aromatic carbocycles. The monoisotopic (exact) mass is 433 g/mol. The number of hydrogen-bond acceptors (Lipinski definition) is 1. The highest BCUT2D eigenvalue weighted by atomic mass is 14.9. The summed E-state index contributed by atoms with van der Waals surface area (Å²) in [6, 6.07) is 14.0. The van der Waals surface area contributed by atoms with Crippen molar-refractivity contribution in [3.63, 3.8) is 0 Å². The van der Waals surface area contributed by atoms with Crippen LogP contribution in [0.1, 0.15) is 101 Å². The van der Waals surface area contributed by atoms with Crippen LogP contribution in [-0.2, 0) is 6.42 Å². The van der Waals surface area contributed by atoms with Crippen molar-refractivity contribution in [3.8, 4) is 11.1 Å². The molecule has 1 N–H and O–H groups in total. The fraction of sp³-hybridized carbons (Fsp3) is 0.613. The first-order valence-corrected chi connectivity index (χ1v) is 13.5. The van der Waals surface area contributed by atoms with Gasteiger partial charge in [0.05, 0.1) is 0 Å². The zero-order chi connectivity index (χ0) is 22.8. The van der Waals surface area contributed by atoms with E-state index in [-0.39, 0.29) is 0 Å². The van der Waals surface area contributed by atoms with Gasteiger partial charge in [-0.2, -0.15) is 0 Å². The normalized spacial score (nSPS) is 18.6. The molecule has 176 valence electrons. The minimum absolute atomic E-state index is 0.951. The molecular formula is C31H47N. The lowest BCUT2D eigenvalue weighted by Crippen LogP contribution is -2.15. The molecule has 0 bridgehead atoms. The number of anilines is 1. The summed E-state index contributed by atoms with van der Waals surface area (Å²) < 4.78 is 0. The molecule has 0 heterocycles. The van der Waals surface area contributed by atoms with Crippen molar-refractivity contribution in [1.82, 2.24) is 0 Å². The molecule has 1 aliphatic rings. The quantitative estimate of drug-likeness (QED) is 0.329. The second kappa shape index (κ2) is 13.1. The first-order valence-electron chi connectivity index (χ1n) is 13.5. The lowest BCUT2D eigenvalue weighted by Gasteiger charge is -2.28. The van der Waals surface area contributed by atoms with Gasteiger partial charge in [-0.3, -0.25) is 0 Å². The van der Waals surface area contributed by atoms with Gasteiger partial charge in [0.15, 0.2) is 0 Å². The molecule has 1 saturated carbocycles. The number of rotatable bonds is 12. The highest BCUT2D eigenvalue weighted by Crippen LogP contribution is 2.35. The Balaban J connectivity index is 1.51. The van der Waals surface area contributed by atoms with Gasteiger partial charge in [-0.15, -0.1) is 0 Å². The third kappa shape index (κ3) is 7.39. The molecule has 0 radical (unpaired) electrons. The minimum atomic E-state index is 0.951. The van der Waals surface area contributed by atoms with E-state index in [2.05, 4.69) is 69.4 Å². The second-order valence-corrected chi connectivity index (χ2v) is 10.4. The average molecular weight is 434 g/mol. The van der Waals surface area contributed by atoms with Crippen molar-refractivity contribution in [3.05, 3.63) is 53.1 Å². The molecule has 1 heteroatoms. The zero-order valence-electron chi connectivity index (χ0n) is 21.3. The van der Waals surface area contributed by atoms with Crippen LogP contribution in [0.2, 0.25) is 0 Å². The number of aryl methyl sites for hydroxylation is 3. The van der Waals surface area contributed by atoms with E-state index >= 15 is 0 Å². The average Bonchev–Trinajstić information content (AvgIpc) is 2.80. The van der Waals surface area contributed by atoms with E-state index < -0.39 is 0 Å². The van der Waals surface area contributed by atoms with Crippen LogP contribution in [0.15, 0.2) is 36.4 Å². The van der Waals surface area contributed by atoms with Crippen molar-refractivity contribution in [2.24, 2.45) is 11.8 Å². The summed E-state index contributed by atoms with van der Waals surface area (Å²) >= 11 is 0. The van der Waals surface area contributed by atoms with Gasteiger partial charge in [-0.1, -0.05) is 95.9 Å². The van der Waals surface area contributed by atoms with Gasteiger partial charge in [0.25, 0.3) is 0 Å². The topological polar surface area (TPSA) is 12.0 Å². The van der Waals surface area contributed by atoms with Crippen molar-refractivity contribution in [2.75, 3.05) is 11.9 Å². The van der Waals surface area contributed by atoms with Crippen LogP contribution in [0.5, 0.6) is 0 Å². The van der Waals surface area contributed by atoms with Gasteiger partial charge >= 0.3 is 0 Å². The van der Waals surface area contributed by atoms with Crippen LogP contribution in [0.25, 0.3) is 11.1 Å². The maximum Gasteiger partial charge on any atom is 0.0370 e. The third-order valence-electron chi connectivity index (χ3n) is 7.75. The number of nitrogens with one attached hydrogen (secondary N) is 1. The summed E-state index contributed by atoms with van der Waals surface area (Å²) in [6.45, 7) is 10.1. The van der Waals surface area contributed by atoms with E-state index in [1.165, 1.54) is 105 Å². The van der Waals surface area contributed by atoms with Gasteiger partial charge in [0.1, 0.15) is 0 Å². The molecule has 0 unspecified atom stereocenters. The number of hydrogen-bond donors (Lipinski definition) is 1. The van der Waals surface area contributed by atoms with E-state index in [1.807, 2.05) is 0 Å². The smallest absolute Gasteiger partial charge is 0.0370 e. The molecule has 3 rings (SSSR count). The maximum atomic E-state index is 3.58. The molecule has 0 saturated heterocycles. The number of benzene rings is 2. The summed E-state index contributed by atoms with van der Waals surface area (Å²) in [4.78, 5) is 0. The molecule has 0 amide bonds. The fourth-order valence-corrected chi connectivity index (χ4v) is 5.45. The van der Waals surface area contributed by atoms with E-state index in [4.69, 9.17) is 0 Å². The van der Waals surface area contributed by atoms with Crippen LogP contribution in [0.3, 0.4) is 0 Å². The van der Waals surface area contributed by atoms with Crippen molar-refractivity contribution >= 4 is 5.69 Å². The largest absolute Gasteiger partial charge is 0.385 e. The van der Waals surface area contributed by atoms with Gasteiger partial charge in [0.2, 0.25) is 0 Å². The summed E-state index contributed by atoms with van der Waals surface area (Å²) in [6.07, 6.45) is 16.7. The Labute approximate surface area is 198 Å². The van der Waals surface area contributed by atoms with E-state index in [1.54, 1.807) is 5.56 Å². The SMILES string of the molecule is CCCCC[C@H]1CC[C@H](CCc2ccc(-c3ccc(NCCCC)c(C)c3)cc2C)CC1. The predicted molar refractivity (Wildman–Crippen MR) is 143 cm³/mol. The van der Waals surface area contributed by atoms with Gasteiger partial charge < -0.3 is 5.32 Å². The fourth-order valence-electron chi connectivity index (χ4n) is 5.45. The third-order valence-corrected chi connectivity index (χ3v) is 7.75. The van der Waals surface area contributed by atoms with Crippen LogP contribution in [-0.4, -0.2) is 6.54 Å². The molecule has 1 aliphatic carbocycles. The molecule has 0 aromatic heterocycles. The molecular weight excluding hydrogens is 386 g/mol. The summed E-state index contributed by atoms with van der Waals surface area (Å²) in [7, 11) is 0. The Kier molecular flexibility index (Phi) is 10.2. The summed E-state index contributed by atoms with van der Waals surface area (Å²) in [5.41, 5.74) is 8.30. The maximum absolute atomic E-state index is 3.58. The molecule has 2 aromatic rings. The first-order chi connectivity index (χ1) is 15.6.